The van der Waals surface area contributed by atoms with Crippen LogP contribution in [0, 0.1) is 6.92 Å². The summed E-state index contributed by atoms with van der Waals surface area (Å²) in [6.45, 7) is 11.7. The third-order valence-corrected chi connectivity index (χ3v) is 3.63. The van der Waals surface area contributed by atoms with E-state index in [-0.39, 0.29) is 12.0 Å². The number of ether oxygens (including phenoxy) is 1. The second-order valence-corrected chi connectivity index (χ2v) is 6.94. The maximum Gasteiger partial charge on any atom is 0.410 e. The molecule has 1 fully saturated rings. The van der Waals surface area contributed by atoms with E-state index in [1.165, 1.54) is 6.92 Å². The highest BCUT2D eigenvalue weighted by Gasteiger charge is 2.26. The predicted molar refractivity (Wildman–Crippen MR) is 93.3 cm³/mol. The van der Waals surface area contributed by atoms with E-state index in [1.54, 1.807) is 11.0 Å². The summed E-state index contributed by atoms with van der Waals surface area (Å²) in [6, 6.07) is 3.75. The molecule has 7 heteroatoms. The molecule has 1 aromatic rings. The molecule has 1 aromatic heterocycles. The number of piperazine rings is 1. The topological polar surface area (TPSA) is 74.8 Å². The van der Waals surface area contributed by atoms with Crippen LogP contribution in [0.1, 0.15) is 33.4 Å². The number of anilines is 2. The molecule has 132 valence electrons. The second kappa shape index (κ2) is 7.07. The minimum atomic E-state index is -0.478. The summed E-state index contributed by atoms with van der Waals surface area (Å²) in [5, 5.41) is 2.68. The summed E-state index contributed by atoms with van der Waals surface area (Å²) in [6.07, 6.45) is -0.266. The molecule has 1 aliphatic heterocycles. The Morgan fingerprint density at radius 1 is 1.17 bits per heavy atom. The molecule has 0 saturated carbocycles. The number of pyridine rings is 1. The van der Waals surface area contributed by atoms with Gasteiger partial charge in [0.25, 0.3) is 0 Å². The van der Waals surface area contributed by atoms with E-state index >= 15 is 0 Å². The minimum Gasteiger partial charge on any atom is -0.444 e. The number of nitrogens with one attached hydrogen (secondary N) is 1. The molecule has 0 aromatic carbocycles. The van der Waals surface area contributed by atoms with Crippen molar-refractivity contribution in [1.29, 1.82) is 0 Å². The van der Waals surface area contributed by atoms with E-state index in [0.717, 1.165) is 24.5 Å². The van der Waals surface area contributed by atoms with Gasteiger partial charge in [0.05, 0.1) is 11.4 Å². The standard InChI is InChI=1S/C17H26N4O3/c1-12-14(6-7-15(18-12)19-13(2)22)20-8-10-21(11-9-20)16(23)24-17(3,4)5/h6-7H,8-11H2,1-5H3,(H,18,19,22). The van der Waals surface area contributed by atoms with E-state index in [4.69, 9.17) is 4.74 Å². The third-order valence-electron chi connectivity index (χ3n) is 3.63. The summed E-state index contributed by atoms with van der Waals surface area (Å²) >= 11 is 0. The van der Waals surface area contributed by atoms with Crippen LogP contribution >= 0.6 is 0 Å². The zero-order valence-electron chi connectivity index (χ0n) is 15.0. The van der Waals surface area contributed by atoms with Crippen molar-refractivity contribution in [3.05, 3.63) is 17.8 Å². The summed E-state index contributed by atoms with van der Waals surface area (Å²) in [5.41, 5.74) is 1.40. The Morgan fingerprint density at radius 3 is 2.29 bits per heavy atom. The molecule has 0 spiro atoms. The minimum absolute atomic E-state index is 0.138. The van der Waals surface area contributed by atoms with Gasteiger partial charge in [0.15, 0.2) is 0 Å². The lowest BCUT2D eigenvalue weighted by Gasteiger charge is -2.37. The Labute approximate surface area is 143 Å². The average molecular weight is 334 g/mol. The monoisotopic (exact) mass is 334 g/mol. The Bertz CT molecular complexity index is 617. The van der Waals surface area contributed by atoms with Gasteiger partial charge in [-0.3, -0.25) is 4.79 Å². The van der Waals surface area contributed by atoms with Gasteiger partial charge in [0.1, 0.15) is 11.4 Å². The van der Waals surface area contributed by atoms with E-state index in [1.807, 2.05) is 33.8 Å². The van der Waals surface area contributed by atoms with Gasteiger partial charge in [-0.2, -0.15) is 0 Å². The number of hydrogen-bond donors (Lipinski definition) is 1. The van der Waals surface area contributed by atoms with Crippen molar-refractivity contribution >= 4 is 23.5 Å². The summed E-state index contributed by atoms with van der Waals surface area (Å²) in [7, 11) is 0. The van der Waals surface area contributed by atoms with Gasteiger partial charge in [-0.05, 0) is 39.8 Å². The number of aryl methyl sites for hydroxylation is 1. The lowest BCUT2D eigenvalue weighted by Crippen LogP contribution is -2.50. The molecular weight excluding hydrogens is 308 g/mol. The van der Waals surface area contributed by atoms with Crippen LogP contribution in [-0.4, -0.2) is 53.7 Å². The molecule has 0 radical (unpaired) electrons. The van der Waals surface area contributed by atoms with E-state index in [9.17, 15) is 9.59 Å². The van der Waals surface area contributed by atoms with E-state index < -0.39 is 5.60 Å². The fourth-order valence-electron chi connectivity index (χ4n) is 2.59. The molecule has 0 bridgehead atoms. The Morgan fingerprint density at radius 2 is 1.79 bits per heavy atom. The van der Waals surface area contributed by atoms with Gasteiger partial charge >= 0.3 is 6.09 Å². The molecular formula is C17H26N4O3. The van der Waals surface area contributed by atoms with Crippen molar-refractivity contribution in [1.82, 2.24) is 9.88 Å². The fourth-order valence-corrected chi connectivity index (χ4v) is 2.59. The van der Waals surface area contributed by atoms with Crippen LogP contribution in [0.2, 0.25) is 0 Å². The number of carbonyl (C=O) groups excluding carboxylic acids is 2. The highest BCUT2D eigenvalue weighted by Crippen LogP contribution is 2.22. The van der Waals surface area contributed by atoms with Crippen LogP contribution in [0.5, 0.6) is 0 Å². The maximum atomic E-state index is 12.1. The lowest BCUT2D eigenvalue weighted by atomic mass is 10.2. The van der Waals surface area contributed by atoms with Gasteiger partial charge in [0.2, 0.25) is 5.91 Å². The van der Waals surface area contributed by atoms with E-state index in [2.05, 4.69) is 15.2 Å². The van der Waals surface area contributed by atoms with Crippen LogP contribution in [-0.2, 0) is 9.53 Å². The summed E-state index contributed by atoms with van der Waals surface area (Å²) < 4.78 is 5.41. The fraction of sp³-hybridized carbons (Fsp3) is 0.588. The normalized spacial score (nSPS) is 15.2. The Kier molecular flexibility index (Phi) is 5.31. The number of nitrogens with zero attached hydrogens (tertiary/aromatic N) is 3. The molecule has 0 aliphatic carbocycles. The highest BCUT2D eigenvalue weighted by atomic mass is 16.6. The molecule has 1 aliphatic rings. The maximum absolute atomic E-state index is 12.1. The first kappa shape index (κ1) is 18.0. The van der Waals surface area contributed by atoms with Crippen molar-refractivity contribution in [2.45, 2.75) is 40.2 Å². The van der Waals surface area contributed by atoms with Gasteiger partial charge in [-0.1, -0.05) is 0 Å². The number of aromatic nitrogens is 1. The number of carbonyl (C=O) groups is 2. The number of rotatable bonds is 2. The first-order valence-electron chi connectivity index (χ1n) is 8.14. The molecule has 0 unspecified atom stereocenters. The van der Waals surface area contributed by atoms with E-state index in [0.29, 0.717) is 18.9 Å². The number of hydrogen-bond acceptors (Lipinski definition) is 5. The van der Waals surface area contributed by atoms with Gasteiger partial charge in [-0.15, -0.1) is 0 Å². The van der Waals surface area contributed by atoms with Crippen molar-refractivity contribution in [2.75, 3.05) is 36.4 Å². The number of amides is 2. The molecule has 24 heavy (non-hydrogen) atoms. The first-order chi connectivity index (χ1) is 11.2. The molecule has 2 heterocycles. The van der Waals surface area contributed by atoms with Crippen LogP contribution in [0.4, 0.5) is 16.3 Å². The largest absolute Gasteiger partial charge is 0.444 e. The van der Waals surface area contributed by atoms with Gasteiger partial charge in [0, 0.05) is 33.1 Å². The lowest BCUT2D eigenvalue weighted by molar-refractivity contribution is -0.114. The molecule has 2 amide bonds. The van der Waals surface area contributed by atoms with Gasteiger partial charge in [-0.25, -0.2) is 9.78 Å². The zero-order valence-corrected chi connectivity index (χ0v) is 15.0. The predicted octanol–water partition coefficient (Wildman–Crippen LogP) is 2.41. The van der Waals surface area contributed by atoms with Crippen molar-refractivity contribution < 1.29 is 14.3 Å². The van der Waals surface area contributed by atoms with Crippen molar-refractivity contribution in [2.24, 2.45) is 0 Å². The summed E-state index contributed by atoms with van der Waals surface area (Å²) in [4.78, 5) is 31.5. The SMILES string of the molecule is CC(=O)Nc1ccc(N2CCN(C(=O)OC(C)(C)C)CC2)c(C)n1. The van der Waals surface area contributed by atoms with Crippen LogP contribution in [0.25, 0.3) is 0 Å². The average Bonchev–Trinajstić information content (AvgIpc) is 2.45. The smallest absolute Gasteiger partial charge is 0.410 e. The molecule has 0 atom stereocenters. The highest BCUT2D eigenvalue weighted by molar-refractivity contribution is 5.87. The molecule has 1 N–H and O–H groups in total. The third kappa shape index (κ3) is 4.84. The zero-order chi connectivity index (χ0) is 17.9. The van der Waals surface area contributed by atoms with Crippen molar-refractivity contribution in [3.8, 4) is 0 Å². The van der Waals surface area contributed by atoms with Gasteiger partial charge < -0.3 is 19.9 Å². The quantitative estimate of drug-likeness (QED) is 0.899. The van der Waals surface area contributed by atoms with Crippen LogP contribution < -0.4 is 10.2 Å². The van der Waals surface area contributed by atoms with Crippen LogP contribution in [0.3, 0.4) is 0 Å². The Balaban J connectivity index is 1.97. The molecule has 1 saturated heterocycles. The summed E-state index contributed by atoms with van der Waals surface area (Å²) in [5.74, 6) is 0.414. The molecule has 2 rings (SSSR count). The van der Waals surface area contributed by atoms with Crippen molar-refractivity contribution in [3.63, 3.8) is 0 Å². The second-order valence-electron chi connectivity index (χ2n) is 6.94. The van der Waals surface area contributed by atoms with Crippen LogP contribution in [0.15, 0.2) is 12.1 Å². The molecule has 7 nitrogen and oxygen atoms in total. The Hall–Kier alpha value is -2.31. The first-order valence-corrected chi connectivity index (χ1v) is 8.14.